The van der Waals surface area contributed by atoms with E-state index in [4.69, 9.17) is 16.3 Å². The zero-order valence-corrected chi connectivity index (χ0v) is 17.4. The molecule has 2 aliphatic heterocycles. The van der Waals surface area contributed by atoms with Crippen LogP contribution in [0.15, 0.2) is 12.4 Å². The van der Waals surface area contributed by atoms with Crippen molar-refractivity contribution < 1.29 is 13.2 Å². The van der Waals surface area contributed by atoms with Crippen LogP contribution in [0.2, 0.25) is 0 Å². The molecule has 8 nitrogen and oxygen atoms in total. The third-order valence-electron chi connectivity index (χ3n) is 4.88. The van der Waals surface area contributed by atoms with Gasteiger partial charge in [0.15, 0.2) is 0 Å². The molecule has 0 saturated carbocycles. The number of nitrogens with zero attached hydrogens (tertiary/aromatic N) is 5. The van der Waals surface area contributed by atoms with Crippen molar-refractivity contribution in [3.63, 3.8) is 0 Å². The zero-order chi connectivity index (χ0) is 19.0. The van der Waals surface area contributed by atoms with Crippen LogP contribution in [0.5, 0.6) is 0 Å². The maximum absolute atomic E-state index is 11.7. The van der Waals surface area contributed by atoms with Crippen molar-refractivity contribution in [2.75, 3.05) is 57.1 Å². The highest BCUT2D eigenvalue weighted by atomic mass is 35.5. The third kappa shape index (κ3) is 4.20. The minimum Gasteiger partial charge on any atom is -0.376 e. The van der Waals surface area contributed by atoms with E-state index in [-0.39, 0.29) is 5.50 Å². The van der Waals surface area contributed by atoms with E-state index in [9.17, 15) is 8.42 Å². The summed E-state index contributed by atoms with van der Waals surface area (Å²) in [7, 11) is -3.10. The first kappa shape index (κ1) is 19.3. The SMILES string of the molecule is CS(=O)(=O)N1CCN(Cc2cc3c(N4CCOCC4Cl)ncnc3s2)CC1. The predicted molar refractivity (Wildman–Crippen MR) is 107 cm³/mol. The van der Waals surface area contributed by atoms with Crippen LogP contribution < -0.4 is 4.90 Å². The van der Waals surface area contributed by atoms with Gasteiger partial charge in [0.05, 0.1) is 24.9 Å². The van der Waals surface area contributed by atoms with Crippen LogP contribution in [0.3, 0.4) is 0 Å². The molecule has 148 valence electrons. The van der Waals surface area contributed by atoms with Gasteiger partial charge in [0.25, 0.3) is 0 Å². The van der Waals surface area contributed by atoms with Crippen molar-refractivity contribution in [2.45, 2.75) is 12.0 Å². The van der Waals surface area contributed by atoms with Crippen molar-refractivity contribution in [3.05, 3.63) is 17.3 Å². The van der Waals surface area contributed by atoms with E-state index in [2.05, 4.69) is 25.8 Å². The summed E-state index contributed by atoms with van der Waals surface area (Å²) in [5.41, 5.74) is -0.232. The van der Waals surface area contributed by atoms with Gasteiger partial charge in [-0.15, -0.1) is 11.3 Å². The molecule has 0 aromatic carbocycles. The Morgan fingerprint density at radius 3 is 2.74 bits per heavy atom. The molecule has 11 heteroatoms. The lowest BCUT2D eigenvalue weighted by atomic mass is 10.3. The van der Waals surface area contributed by atoms with Crippen molar-refractivity contribution in [3.8, 4) is 0 Å². The average Bonchev–Trinajstić information content (AvgIpc) is 3.04. The number of anilines is 1. The summed E-state index contributed by atoms with van der Waals surface area (Å²) in [5, 5.41) is 1.01. The van der Waals surface area contributed by atoms with E-state index in [1.807, 2.05) is 0 Å². The summed E-state index contributed by atoms with van der Waals surface area (Å²) in [5.74, 6) is 0.854. The van der Waals surface area contributed by atoms with Crippen LogP contribution in [-0.2, 0) is 21.3 Å². The molecule has 0 spiro atoms. The van der Waals surface area contributed by atoms with Gasteiger partial charge in [-0.1, -0.05) is 11.6 Å². The summed E-state index contributed by atoms with van der Waals surface area (Å²) < 4.78 is 30.3. The molecule has 2 saturated heterocycles. The Hall–Kier alpha value is -1.04. The fourth-order valence-electron chi connectivity index (χ4n) is 3.45. The van der Waals surface area contributed by atoms with Gasteiger partial charge in [-0.05, 0) is 6.07 Å². The molecule has 2 fully saturated rings. The molecule has 4 rings (SSSR count). The van der Waals surface area contributed by atoms with E-state index in [1.54, 1.807) is 17.7 Å². The highest BCUT2D eigenvalue weighted by molar-refractivity contribution is 7.88. The highest BCUT2D eigenvalue weighted by Gasteiger charge is 2.26. The molecule has 2 aromatic heterocycles. The Morgan fingerprint density at radius 2 is 2.04 bits per heavy atom. The lowest BCUT2D eigenvalue weighted by Crippen LogP contribution is -2.47. The van der Waals surface area contributed by atoms with Crippen molar-refractivity contribution in [1.29, 1.82) is 0 Å². The molecule has 2 aromatic rings. The number of halogens is 1. The van der Waals surface area contributed by atoms with E-state index in [0.29, 0.717) is 32.8 Å². The second kappa shape index (κ2) is 7.76. The molecule has 0 aliphatic carbocycles. The highest BCUT2D eigenvalue weighted by Crippen LogP contribution is 2.33. The number of hydrogen-bond donors (Lipinski definition) is 0. The van der Waals surface area contributed by atoms with Gasteiger partial charge in [0, 0.05) is 44.1 Å². The van der Waals surface area contributed by atoms with E-state index in [1.165, 1.54) is 15.4 Å². The number of alkyl halides is 1. The molecule has 0 amide bonds. The Morgan fingerprint density at radius 1 is 1.26 bits per heavy atom. The van der Waals surface area contributed by atoms with Crippen LogP contribution >= 0.6 is 22.9 Å². The van der Waals surface area contributed by atoms with Gasteiger partial charge >= 0.3 is 0 Å². The fourth-order valence-corrected chi connectivity index (χ4v) is 5.59. The summed E-state index contributed by atoms with van der Waals surface area (Å²) in [6.45, 7) is 5.14. The maximum Gasteiger partial charge on any atom is 0.211 e. The van der Waals surface area contributed by atoms with Crippen molar-refractivity contribution in [1.82, 2.24) is 19.2 Å². The summed E-state index contributed by atoms with van der Waals surface area (Å²) >= 11 is 8.06. The van der Waals surface area contributed by atoms with Crippen LogP contribution in [-0.4, -0.2) is 85.3 Å². The van der Waals surface area contributed by atoms with Gasteiger partial charge in [-0.25, -0.2) is 18.4 Å². The van der Waals surface area contributed by atoms with Gasteiger partial charge in [-0.3, -0.25) is 4.90 Å². The van der Waals surface area contributed by atoms with Crippen LogP contribution in [0.4, 0.5) is 5.82 Å². The van der Waals surface area contributed by atoms with E-state index in [0.717, 1.165) is 35.7 Å². The first-order chi connectivity index (χ1) is 12.9. The van der Waals surface area contributed by atoms with Gasteiger partial charge in [0.2, 0.25) is 10.0 Å². The Bertz CT molecular complexity index is 914. The minimum absolute atomic E-state index is 0.232. The number of fused-ring (bicyclic) bond motifs is 1. The number of ether oxygens (including phenoxy) is 1. The number of thiophene rings is 1. The molecule has 27 heavy (non-hydrogen) atoms. The number of hydrogen-bond acceptors (Lipinski definition) is 8. The lowest BCUT2D eigenvalue weighted by Gasteiger charge is -2.33. The molecule has 2 aliphatic rings. The largest absolute Gasteiger partial charge is 0.376 e. The monoisotopic (exact) mass is 431 g/mol. The van der Waals surface area contributed by atoms with Gasteiger partial charge in [-0.2, -0.15) is 4.31 Å². The molecule has 4 heterocycles. The molecular weight excluding hydrogens is 410 g/mol. The van der Waals surface area contributed by atoms with Crippen molar-refractivity contribution in [2.24, 2.45) is 0 Å². The zero-order valence-electron chi connectivity index (χ0n) is 15.0. The second-order valence-electron chi connectivity index (χ2n) is 6.77. The number of sulfonamides is 1. The second-order valence-corrected chi connectivity index (χ2v) is 10.4. The number of rotatable bonds is 4. The number of aromatic nitrogens is 2. The Labute approximate surface area is 167 Å². The predicted octanol–water partition coefficient (Wildman–Crippen LogP) is 1.17. The molecule has 1 atom stereocenters. The Kier molecular flexibility index (Phi) is 5.55. The number of morpholine rings is 1. The smallest absolute Gasteiger partial charge is 0.211 e. The fraction of sp³-hybridized carbons (Fsp3) is 0.625. The molecule has 0 N–H and O–H groups in total. The number of piperazine rings is 1. The van der Waals surface area contributed by atoms with Gasteiger partial charge < -0.3 is 9.64 Å². The maximum atomic E-state index is 11.7. The van der Waals surface area contributed by atoms with Crippen LogP contribution in [0.1, 0.15) is 4.88 Å². The van der Waals surface area contributed by atoms with Crippen LogP contribution in [0, 0.1) is 0 Å². The first-order valence-corrected chi connectivity index (χ1v) is 11.9. The quantitative estimate of drug-likeness (QED) is 0.531. The topological polar surface area (TPSA) is 78.9 Å². The minimum atomic E-state index is -3.10. The normalized spacial score (nSPS) is 23.2. The standard InChI is InChI=1S/C16H22ClN5O3S2/c1-27(23,24)21-4-2-20(3-5-21)9-12-8-13-15(18-11-19-16(13)26-12)22-6-7-25-10-14(22)17/h8,11,14H,2-7,9-10H2,1H3. The summed E-state index contributed by atoms with van der Waals surface area (Å²) in [6, 6.07) is 2.14. The first-order valence-electron chi connectivity index (χ1n) is 8.81. The van der Waals surface area contributed by atoms with Crippen molar-refractivity contribution >= 4 is 49.0 Å². The average molecular weight is 432 g/mol. The Balaban J connectivity index is 1.50. The van der Waals surface area contributed by atoms with E-state index >= 15 is 0 Å². The molecule has 0 radical (unpaired) electrons. The molecule has 1 unspecified atom stereocenters. The molecular formula is C16H22ClN5O3S2. The van der Waals surface area contributed by atoms with E-state index < -0.39 is 10.0 Å². The lowest BCUT2D eigenvalue weighted by molar-refractivity contribution is 0.113. The van der Waals surface area contributed by atoms with Gasteiger partial charge in [0.1, 0.15) is 22.5 Å². The molecule has 0 bridgehead atoms. The van der Waals surface area contributed by atoms with Crippen LogP contribution in [0.25, 0.3) is 10.2 Å². The summed E-state index contributed by atoms with van der Waals surface area (Å²) in [6.07, 6.45) is 2.85. The summed E-state index contributed by atoms with van der Waals surface area (Å²) in [4.78, 5) is 15.4. The third-order valence-corrected chi connectivity index (χ3v) is 7.57.